The van der Waals surface area contributed by atoms with Crippen molar-refractivity contribution in [2.24, 2.45) is 0 Å². The molecule has 6 heterocycles. The van der Waals surface area contributed by atoms with Crippen molar-refractivity contribution in [3.63, 3.8) is 0 Å². The number of rotatable bonds is 6. The van der Waals surface area contributed by atoms with Gasteiger partial charge in [-0.2, -0.15) is 23.1 Å². The number of ether oxygens (including phenoxy) is 1. The molecule has 4 fully saturated rings. The Balaban J connectivity index is 1.26. The van der Waals surface area contributed by atoms with E-state index in [1.165, 1.54) is 6.07 Å². The smallest absolute Gasteiger partial charge is 0.417 e. The zero-order chi connectivity index (χ0) is 32.8. The molecule has 2 aromatic carbocycles. The Morgan fingerprint density at radius 3 is 2.43 bits per heavy atom. The molecule has 4 aromatic rings. The van der Waals surface area contributed by atoms with Gasteiger partial charge >= 0.3 is 12.2 Å². The molecule has 47 heavy (non-hydrogen) atoms. The van der Waals surface area contributed by atoms with Gasteiger partial charge in [0.25, 0.3) is 0 Å². The fourth-order valence-corrected chi connectivity index (χ4v) is 9.21. The molecule has 14 heteroatoms. The van der Waals surface area contributed by atoms with Crippen LogP contribution in [0.1, 0.15) is 56.6 Å². The number of aryl methyl sites for hydroxylation is 1. The van der Waals surface area contributed by atoms with Crippen molar-refractivity contribution in [2.75, 3.05) is 30.3 Å². The number of nitrogens with two attached hydrogens (primary N) is 1. The lowest BCUT2D eigenvalue weighted by Gasteiger charge is -2.37. The Morgan fingerprint density at radius 1 is 1.04 bits per heavy atom. The van der Waals surface area contributed by atoms with Gasteiger partial charge < -0.3 is 20.7 Å². The summed E-state index contributed by atoms with van der Waals surface area (Å²) in [7, 11) is 0. The minimum atomic E-state index is -4.74. The molecule has 4 aliphatic rings. The van der Waals surface area contributed by atoms with E-state index in [0.29, 0.717) is 43.8 Å². The van der Waals surface area contributed by atoms with Crippen LogP contribution in [0.3, 0.4) is 0 Å². The van der Waals surface area contributed by atoms with E-state index in [2.05, 4.69) is 15.2 Å². The van der Waals surface area contributed by atoms with Crippen molar-refractivity contribution in [3.05, 3.63) is 35.1 Å². The van der Waals surface area contributed by atoms with Crippen LogP contribution >= 0.6 is 11.3 Å². The second-order valence-corrected chi connectivity index (χ2v) is 14.6. The van der Waals surface area contributed by atoms with Crippen LogP contribution in [0, 0.1) is 12.7 Å². The first kappa shape index (κ1) is 30.9. The van der Waals surface area contributed by atoms with Gasteiger partial charge in [-0.1, -0.05) is 11.3 Å². The van der Waals surface area contributed by atoms with E-state index >= 15 is 0 Å². The van der Waals surface area contributed by atoms with Crippen molar-refractivity contribution in [2.45, 2.75) is 95.0 Å². The number of piperazine rings is 1. The number of halogens is 5. The van der Waals surface area contributed by atoms with Crippen molar-refractivity contribution in [1.82, 2.24) is 25.2 Å². The van der Waals surface area contributed by atoms with E-state index in [4.69, 9.17) is 20.4 Å². The van der Waals surface area contributed by atoms with Crippen molar-refractivity contribution >= 4 is 43.4 Å². The number of hydrogen-bond acceptors (Lipinski definition) is 9. The third kappa shape index (κ3) is 5.45. The predicted octanol–water partition coefficient (Wildman–Crippen LogP) is 6.63. The average molecular weight is 674 g/mol. The normalized spacial score (nSPS) is 26.9. The van der Waals surface area contributed by atoms with Gasteiger partial charge in [0.2, 0.25) is 0 Å². The molecule has 4 bridgehead atoms. The van der Waals surface area contributed by atoms with Crippen molar-refractivity contribution < 1.29 is 26.7 Å². The predicted molar refractivity (Wildman–Crippen MR) is 172 cm³/mol. The lowest BCUT2D eigenvalue weighted by atomic mass is 9.91. The molecule has 4 aliphatic heterocycles. The monoisotopic (exact) mass is 673 g/mol. The number of hydrogen-bond donors (Lipinski definition) is 2. The lowest BCUT2D eigenvalue weighted by molar-refractivity contribution is -0.137. The van der Waals surface area contributed by atoms with E-state index in [9.17, 15) is 22.0 Å². The zero-order valence-electron chi connectivity index (χ0n) is 26.1. The summed E-state index contributed by atoms with van der Waals surface area (Å²) in [6.45, 7) is 5.29. The van der Waals surface area contributed by atoms with Crippen LogP contribution in [0.5, 0.6) is 6.01 Å². The average Bonchev–Trinajstić information content (AvgIpc) is 3.64. The summed E-state index contributed by atoms with van der Waals surface area (Å²) in [5.74, 6) is -0.201. The summed E-state index contributed by atoms with van der Waals surface area (Å²) in [5.41, 5.74) is 5.68. The summed E-state index contributed by atoms with van der Waals surface area (Å²) in [5, 5.41) is 3.91. The lowest BCUT2D eigenvalue weighted by Crippen LogP contribution is -2.51. The Bertz CT molecular complexity index is 1840. The third-order valence-corrected chi connectivity index (χ3v) is 11.3. The molecule has 0 radical (unpaired) electrons. The van der Waals surface area contributed by atoms with Crippen LogP contribution in [0.2, 0.25) is 0 Å². The molecule has 0 amide bonds. The molecule has 2 aromatic heterocycles. The van der Waals surface area contributed by atoms with Crippen molar-refractivity contribution in [3.8, 4) is 17.1 Å². The van der Waals surface area contributed by atoms with Gasteiger partial charge in [0.05, 0.1) is 21.3 Å². The number of anilines is 2. The molecule has 8 rings (SSSR count). The highest BCUT2D eigenvalue weighted by atomic mass is 32.1. The number of benzene rings is 2. The first-order valence-corrected chi connectivity index (χ1v) is 17.1. The second-order valence-electron chi connectivity index (χ2n) is 13.6. The van der Waals surface area contributed by atoms with Crippen LogP contribution in [-0.4, -0.2) is 75.9 Å². The molecule has 8 nitrogen and oxygen atoms in total. The summed E-state index contributed by atoms with van der Waals surface area (Å²) in [6.07, 6.45) is -0.925. The van der Waals surface area contributed by atoms with Gasteiger partial charge in [-0.15, -0.1) is 0 Å². The molecule has 4 saturated heterocycles. The highest BCUT2D eigenvalue weighted by Gasteiger charge is 2.42. The standard InChI is InChI=1S/C33H36F5N7OS/c1-15(12-45-20-5-6-21(45)10-17(34)9-20)46-32-42-27-16(2)26(22-7-8-25(35)29-28(22)41-31(39)47-29)24(33(36,37)38)11-23(27)30(43-32)44-13-18-3-4-19(14-44)40-18/h7-8,11,15,17-21,40H,3-6,9-10,12-14H2,1-2H3,(H2,39,41)/t15-,17?,18?,19?,20?,21?/m0/s1. The maximum Gasteiger partial charge on any atom is 0.417 e. The van der Waals surface area contributed by atoms with Gasteiger partial charge in [0.1, 0.15) is 23.9 Å². The number of alkyl halides is 4. The Morgan fingerprint density at radius 2 is 1.74 bits per heavy atom. The van der Waals surface area contributed by atoms with E-state index in [1.807, 2.05) is 11.8 Å². The first-order chi connectivity index (χ1) is 22.4. The van der Waals surface area contributed by atoms with Gasteiger partial charge in [-0.3, -0.25) is 4.90 Å². The van der Waals surface area contributed by atoms with Crippen LogP contribution in [0.4, 0.5) is 32.9 Å². The molecule has 250 valence electrons. The number of nitrogen functional groups attached to an aromatic ring is 1. The number of nitrogens with zero attached hydrogens (tertiary/aromatic N) is 5. The Hall–Kier alpha value is -3.36. The third-order valence-electron chi connectivity index (χ3n) is 10.4. The minimum Gasteiger partial charge on any atom is -0.459 e. The quantitative estimate of drug-likeness (QED) is 0.221. The number of nitrogens with one attached hydrogen (secondary N) is 1. The van der Waals surface area contributed by atoms with Crippen LogP contribution in [-0.2, 0) is 6.18 Å². The highest BCUT2D eigenvalue weighted by molar-refractivity contribution is 7.22. The van der Waals surface area contributed by atoms with E-state index in [0.717, 1.165) is 49.2 Å². The summed E-state index contributed by atoms with van der Waals surface area (Å²) < 4.78 is 80.3. The molecular formula is C33H36F5N7OS. The fourth-order valence-electron chi connectivity index (χ4n) is 8.44. The van der Waals surface area contributed by atoms with Gasteiger partial charge in [-0.25, -0.2) is 13.8 Å². The zero-order valence-corrected chi connectivity index (χ0v) is 26.9. The maximum absolute atomic E-state index is 15.0. The molecule has 0 saturated carbocycles. The minimum absolute atomic E-state index is 0.0603. The highest BCUT2D eigenvalue weighted by Crippen LogP contribution is 2.47. The van der Waals surface area contributed by atoms with Gasteiger partial charge in [-0.05, 0) is 76.1 Å². The first-order valence-electron chi connectivity index (χ1n) is 16.3. The SMILES string of the molecule is Cc1c(-c2ccc(F)c3sc(N)nc23)c(C(F)(F)F)cc2c(N3CC4CCC(C3)N4)nc(O[C@@H](C)CN3C4CCC3CC(F)C4)nc12. The van der Waals surface area contributed by atoms with Gasteiger partial charge in [0.15, 0.2) is 5.13 Å². The van der Waals surface area contributed by atoms with Crippen LogP contribution < -0.4 is 20.7 Å². The summed E-state index contributed by atoms with van der Waals surface area (Å²) in [6, 6.07) is 4.44. The fraction of sp³-hybridized carbons (Fsp3) is 0.545. The van der Waals surface area contributed by atoms with E-state index in [1.54, 1.807) is 6.92 Å². The van der Waals surface area contributed by atoms with E-state index in [-0.39, 0.29) is 73.7 Å². The largest absolute Gasteiger partial charge is 0.459 e. The Kier molecular flexibility index (Phi) is 7.48. The molecule has 5 atom stereocenters. The molecule has 3 N–H and O–H groups in total. The van der Waals surface area contributed by atoms with E-state index < -0.39 is 23.7 Å². The number of aromatic nitrogens is 3. The summed E-state index contributed by atoms with van der Waals surface area (Å²) >= 11 is 0.894. The second kappa shape index (κ2) is 11.4. The van der Waals surface area contributed by atoms with Crippen LogP contribution in [0.25, 0.3) is 32.2 Å². The van der Waals surface area contributed by atoms with Gasteiger partial charge in [0, 0.05) is 60.3 Å². The molecule has 0 aliphatic carbocycles. The number of fused-ring (bicyclic) bond motifs is 6. The van der Waals surface area contributed by atoms with Crippen molar-refractivity contribution in [1.29, 1.82) is 0 Å². The topological polar surface area (TPSA) is 92.4 Å². The number of thiazole rings is 1. The van der Waals surface area contributed by atoms with Crippen LogP contribution in [0.15, 0.2) is 18.2 Å². The molecular weight excluding hydrogens is 637 g/mol. The summed E-state index contributed by atoms with van der Waals surface area (Å²) in [4.78, 5) is 18.2. The number of piperidine rings is 1. The molecule has 0 spiro atoms. The molecule has 4 unspecified atom stereocenters. The Labute approximate surface area is 272 Å². The maximum atomic E-state index is 15.0.